The van der Waals surface area contributed by atoms with Gasteiger partial charge in [0.25, 0.3) is 0 Å². The topological polar surface area (TPSA) is 43.1 Å². The molecule has 3 aliphatic rings. The number of primary amides is 1. The van der Waals surface area contributed by atoms with E-state index in [1.165, 1.54) is 77.0 Å². The third-order valence-electron chi connectivity index (χ3n) is 6.52. The molecule has 0 atom stereocenters. The van der Waals surface area contributed by atoms with Crippen molar-refractivity contribution < 1.29 is 4.79 Å². The number of hydrogen-bond acceptors (Lipinski definition) is 1. The number of rotatable bonds is 4. The van der Waals surface area contributed by atoms with E-state index in [-0.39, 0.29) is 11.3 Å². The molecule has 0 aromatic rings. The first-order chi connectivity index (χ1) is 9.26. The lowest BCUT2D eigenvalue weighted by molar-refractivity contribution is -0.141. The lowest BCUT2D eigenvalue weighted by Crippen LogP contribution is -2.52. The number of amides is 1. The summed E-state index contributed by atoms with van der Waals surface area (Å²) in [6, 6.07) is 0. The van der Waals surface area contributed by atoms with Crippen molar-refractivity contribution in [3.05, 3.63) is 0 Å². The fourth-order valence-electron chi connectivity index (χ4n) is 5.81. The van der Waals surface area contributed by atoms with Crippen molar-refractivity contribution in [2.75, 3.05) is 0 Å². The molecule has 0 aromatic carbocycles. The maximum atomic E-state index is 12.6. The van der Waals surface area contributed by atoms with Crippen molar-refractivity contribution in [3.63, 3.8) is 0 Å². The molecule has 0 bridgehead atoms. The normalized spacial score (nSPS) is 27.4. The molecule has 108 valence electrons. The van der Waals surface area contributed by atoms with Crippen LogP contribution in [0, 0.1) is 23.2 Å². The molecule has 2 N–H and O–H groups in total. The molecule has 0 aromatic heterocycles. The summed E-state index contributed by atoms with van der Waals surface area (Å²) in [6.45, 7) is 0. The van der Waals surface area contributed by atoms with Crippen molar-refractivity contribution >= 4 is 5.91 Å². The highest BCUT2D eigenvalue weighted by atomic mass is 16.1. The van der Waals surface area contributed by atoms with Gasteiger partial charge in [-0.25, -0.2) is 0 Å². The van der Waals surface area contributed by atoms with E-state index in [0.29, 0.717) is 17.8 Å². The van der Waals surface area contributed by atoms with Gasteiger partial charge < -0.3 is 5.73 Å². The Balaban J connectivity index is 1.96. The Morgan fingerprint density at radius 1 is 0.684 bits per heavy atom. The first-order valence-electron chi connectivity index (χ1n) is 8.56. The molecule has 3 fully saturated rings. The van der Waals surface area contributed by atoms with Gasteiger partial charge in [0, 0.05) is 0 Å². The fraction of sp³-hybridized carbons (Fsp3) is 0.941. The Hall–Kier alpha value is -0.530. The fourth-order valence-corrected chi connectivity index (χ4v) is 5.81. The van der Waals surface area contributed by atoms with Gasteiger partial charge in [0.15, 0.2) is 0 Å². The average molecular weight is 263 g/mol. The van der Waals surface area contributed by atoms with Crippen molar-refractivity contribution in [2.24, 2.45) is 28.9 Å². The number of nitrogens with two attached hydrogens (primary N) is 1. The third kappa shape index (κ3) is 2.11. The van der Waals surface area contributed by atoms with Crippen LogP contribution < -0.4 is 5.73 Å². The zero-order chi connectivity index (χ0) is 13.3. The van der Waals surface area contributed by atoms with Crippen LogP contribution >= 0.6 is 0 Å². The summed E-state index contributed by atoms with van der Waals surface area (Å²) in [7, 11) is 0. The Kier molecular flexibility index (Phi) is 3.86. The Labute approximate surface area is 117 Å². The summed E-state index contributed by atoms with van der Waals surface area (Å²) in [5.74, 6) is 1.89. The first-order valence-corrected chi connectivity index (χ1v) is 8.56. The molecular weight excluding hydrogens is 234 g/mol. The molecular formula is C17H29NO. The smallest absolute Gasteiger partial charge is 0.224 e. The van der Waals surface area contributed by atoms with Crippen molar-refractivity contribution in [1.82, 2.24) is 0 Å². The second kappa shape index (κ2) is 5.46. The minimum atomic E-state index is -0.122. The van der Waals surface area contributed by atoms with Gasteiger partial charge in [-0.2, -0.15) is 0 Å². The van der Waals surface area contributed by atoms with Gasteiger partial charge in [-0.05, 0) is 56.3 Å². The van der Waals surface area contributed by atoms with Crippen molar-refractivity contribution in [3.8, 4) is 0 Å². The van der Waals surface area contributed by atoms with Gasteiger partial charge >= 0.3 is 0 Å². The highest BCUT2D eigenvalue weighted by Gasteiger charge is 2.55. The van der Waals surface area contributed by atoms with Crippen molar-refractivity contribution in [1.29, 1.82) is 0 Å². The van der Waals surface area contributed by atoms with Crippen LogP contribution in [0.1, 0.15) is 77.0 Å². The Morgan fingerprint density at radius 2 is 0.947 bits per heavy atom. The number of carbonyl (C=O) groups is 1. The monoisotopic (exact) mass is 263 g/mol. The quantitative estimate of drug-likeness (QED) is 0.817. The maximum Gasteiger partial charge on any atom is 0.224 e. The summed E-state index contributed by atoms with van der Waals surface area (Å²) < 4.78 is 0. The van der Waals surface area contributed by atoms with Gasteiger partial charge in [-0.15, -0.1) is 0 Å². The second-order valence-corrected chi connectivity index (χ2v) is 7.24. The minimum Gasteiger partial charge on any atom is -0.369 e. The SMILES string of the molecule is NC(=O)C(C1CCCC1)(C1CCCC1)C1CCCC1. The van der Waals surface area contributed by atoms with Crippen LogP contribution in [0.2, 0.25) is 0 Å². The van der Waals surface area contributed by atoms with E-state index in [1.54, 1.807) is 0 Å². The number of hydrogen-bond donors (Lipinski definition) is 1. The van der Waals surface area contributed by atoms with Gasteiger partial charge in [0.2, 0.25) is 5.91 Å². The third-order valence-corrected chi connectivity index (χ3v) is 6.52. The van der Waals surface area contributed by atoms with Gasteiger partial charge in [-0.1, -0.05) is 38.5 Å². The highest BCUT2D eigenvalue weighted by Crippen LogP contribution is 2.58. The lowest BCUT2D eigenvalue weighted by atomic mass is 9.57. The van der Waals surface area contributed by atoms with Crippen LogP contribution in [-0.4, -0.2) is 5.91 Å². The largest absolute Gasteiger partial charge is 0.369 e. The van der Waals surface area contributed by atoms with E-state index in [2.05, 4.69) is 0 Å². The van der Waals surface area contributed by atoms with Crippen LogP contribution in [0.25, 0.3) is 0 Å². The standard InChI is InChI=1S/C17H29NO/c18-16(19)17(13-7-1-2-8-13,14-9-3-4-10-14)15-11-5-6-12-15/h13-15H,1-12H2,(H2,18,19). The molecule has 1 amide bonds. The molecule has 19 heavy (non-hydrogen) atoms. The lowest BCUT2D eigenvalue weighted by Gasteiger charge is -2.46. The van der Waals surface area contributed by atoms with Crippen LogP contribution in [-0.2, 0) is 4.79 Å². The minimum absolute atomic E-state index is 0.0678. The molecule has 0 heterocycles. The maximum absolute atomic E-state index is 12.6. The van der Waals surface area contributed by atoms with E-state index in [9.17, 15) is 4.79 Å². The predicted octanol–water partition coefficient (Wildman–Crippen LogP) is 4.03. The molecule has 3 rings (SSSR count). The molecule has 0 aliphatic heterocycles. The predicted molar refractivity (Wildman–Crippen MR) is 77.5 cm³/mol. The van der Waals surface area contributed by atoms with Crippen LogP contribution in [0.4, 0.5) is 0 Å². The summed E-state index contributed by atoms with van der Waals surface area (Å²) in [5, 5.41) is 0. The molecule has 2 nitrogen and oxygen atoms in total. The van der Waals surface area contributed by atoms with E-state index in [4.69, 9.17) is 5.73 Å². The highest BCUT2D eigenvalue weighted by molar-refractivity contribution is 5.82. The molecule has 2 heteroatoms. The van der Waals surface area contributed by atoms with Gasteiger partial charge in [-0.3, -0.25) is 4.79 Å². The summed E-state index contributed by atoms with van der Waals surface area (Å²) in [5.41, 5.74) is 5.95. The summed E-state index contributed by atoms with van der Waals surface area (Å²) in [6.07, 6.45) is 15.5. The first kappa shape index (κ1) is 13.5. The van der Waals surface area contributed by atoms with Crippen molar-refractivity contribution in [2.45, 2.75) is 77.0 Å². The van der Waals surface area contributed by atoms with E-state index in [1.807, 2.05) is 0 Å². The molecule has 3 saturated carbocycles. The Morgan fingerprint density at radius 3 is 1.16 bits per heavy atom. The molecule has 0 saturated heterocycles. The van der Waals surface area contributed by atoms with Crippen LogP contribution in [0.3, 0.4) is 0 Å². The van der Waals surface area contributed by atoms with E-state index < -0.39 is 0 Å². The molecule has 3 aliphatic carbocycles. The van der Waals surface area contributed by atoms with Crippen LogP contribution in [0.15, 0.2) is 0 Å². The van der Waals surface area contributed by atoms with Crippen LogP contribution in [0.5, 0.6) is 0 Å². The van der Waals surface area contributed by atoms with E-state index in [0.717, 1.165) is 0 Å². The summed E-state index contributed by atoms with van der Waals surface area (Å²) in [4.78, 5) is 12.6. The number of carbonyl (C=O) groups excluding carboxylic acids is 1. The summed E-state index contributed by atoms with van der Waals surface area (Å²) >= 11 is 0. The van der Waals surface area contributed by atoms with Gasteiger partial charge in [0.05, 0.1) is 5.41 Å². The molecule has 0 radical (unpaired) electrons. The molecule has 0 spiro atoms. The average Bonchev–Trinajstić information content (AvgIpc) is 3.15. The Bertz CT molecular complexity index is 279. The zero-order valence-electron chi connectivity index (χ0n) is 12.2. The molecule has 0 unspecified atom stereocenters. The van der Waals surface area contributed by atoms with Gasteiger partial charge in [0.1, 0.15) is 0 Å². The second-order valence-electron chi connectivity index (χ2n) is 7.24. The van der Waals surface area contributed by atoms with E-state index >= 15 is 0 Å². The zero-order valence-corrected chi connectivity index (χ0v) is 12.2.